The van der Waals surface area contributed by atoms with E-state index >= 15 is 0 Å². The first-order valence-corrected chi connectivity index (χ1v) is 9.76. The van der Waals surface area contributed by atoms with Crippen molar-refractivity contribution in [1.29, 1.82) is 0 Å². The lowest BCUT2D eigenvalue weighted by atomic mass is 10.2. The monoisotopic (exact) mass is 375 g/mol. The van der Waals surface area contributed by atoms with Gasteiger partial charge in [-0.3, -0.25) is 4.79 Å². The molecule has 1 N–H and O–H groups in total. The predicted octanol–water partition coefficient (Wildman–Crippen LogP) is 3.64. The number of morpholine rings is 1. The van der Waals surface area contributed by atoms with Crippen molar-refractivity contribution < 1.29 is 13.9 Å². The number of hydrogen-bond donors (Lipinski definition) is 1. The smallest absolute Gasteiger partial charge is 0.256 e. The van der Waals surface area contributed by atoms with Gasteiger partial charge in [0.1, 0.15) is 5.76 Å². The van der Waals surface area contributed by atoms with E-state index in [1.807, 2.05) is 38.1 Å². The molecule has 1 amide bonds. The second-order valence-corrected chi connectivity index (χ2v) is 7.59. The molecule has 1 saturated heterocycles. The Hall–Kier alpha value is -1.99. The topological polar surface area (TPSA) is 67.6 Å². The van der Waals surface area contributed by atoms with Gasteiger partial charge in [-0.25, -0.2) is 4.98 Å². The molecule has 0 spiro atoms. The molecule has 1 aliphatic heterocycles. The van der Waals surface area contributed by atoms with Gasteiger partial charge < -0.3 is 19.4 Å². The van der Waals surface area contributed by atoms with E-state index in [0.717, 1.165) is 35.9 Å². The number of aromatic nitrogens is 1. The quantitative estimate of drug-likeness (QED) is 0.805. The van der Waals surface area contributed by atoms with Crippen LogP contribution in [0.1, 0.15) is 25.3 Å². The Morgan fingerprint density at radius 3 is 2.46 bits per heavy atom. The number of hydrogen-bond acceptors (Lipinski definition) is 6. The molecular weight excluding hydrogens is 350 g/mol. The minimum atomic E-state index is -0.0788. The number of anilines is 2. The zero-order valence-corrected chi connectivity index (χ0v) is 16.4. The van der Waals surface area contributed by atoms with Crippen molar-refractivity contribution in [3.05, 3.63) is 35.7 Å². The summed E-state index contributed by atoms with van der Waals surface area (Å²) in [5, 5.41) is 3.44. The SMILES string of the molecule is Cc1nc(SCC(=O)Nc2ccc(N3CC(C)OC(C)C3)cc2)oc1C. The minimum Gasteiger partial charge on any atom is -0.437 e. The summed E-state index contributed by atoms with van der Waals surface area (Å²) in [6.45, 7) is 9.69. The van der Waals surface area contributed by atoms with Crippen LogP contribution in [0.5, 0.6) is 0 Å². The van der Waals surface area contributed by atoms with Crippen LogP contribution in [0.2, 0.25) is 0 Å². The fourth-order valence-corrected chi connectivity index (χ4v) is 3.69. The van der Waals surface area contributed by atoms with Gasteiger partial charge >= 0.3 is 0 Å². The van der Waals surface area contributed by atoms with Gasteiger partial charge in [-0.2, -0.15) is 0 Å². The molecule has 7 heteroatoms. The molecule has 2 unspecified atom stereocenters. The molecule has 140 valence electrons. The third-order valence-electron chi connectivity index (χ3n) is 4.27. The average molecular weight is 375 g/mol. The number of nitrogens with zero attached hydrogens (tertiary/aromatic N) is 2. The van der Waals surface area contributed by atoms with Crippen molar-refractivity contribution in [3.63, 3.8) is 0 Å². The molecular formula is C19H25N3O3S. The zero-order valence-electron chi connectivity index (χ0n) is 15.6. The van der Waals surface area contributed by atoms with Crippen molar-refractivity contribution in [2.24, 2.45) is 0 Å². The summed E-state index contributed by atoms with van der Waals surface area (Å²) in [4.78, 5) is 18.7. The number of ether oxygens (including phenoxy) is 1. The molecule has 6 nitrogen and oxygen atoms in total. The van der Waals surface area contributed by atoms with E-state index < -0.39 is 0 Å². The van der Waals surface area contributed by atoms with Gasteiger partial charge in [0, 0.05) is 24.5 Å². The Morgan fingerprint density at radius 1 is 1.23 bits per heavy atom. The van der Waals surface area contributed by atoms with E-state index in [4.69, 9.17) is 9.15 Å². The Labute approximate surface area is 158 Å². The van der Waals surface area contributed by atoms with Crippen LogP contribution < -0.4 is 10.2 Å². The van der Waals surface area contributed by atoms with Gasteiger partial charge in [0.25, 0.3) is 5.22 Å². The third kappa shape index (κ3) is 4.80. The second kappa shape index (κ2) is 8.14. The van der Waals surface area contributed by atoms with Gasteiger partial charge in [0.05, 0.1) is 23.7 Å². The molecule has 1 aromatic carbocycles. The maximum absolute atomic E-state index is 12.1. The van der Waals surface area contributed by atoms with Crippen molar-refractivity contribution in [1.82, 2.24) is 4.98 Å². The van der Waals surface area contributed by atoms with E-state index in [1.165, 1.54) is 11.8 Å². The van der Waals surface area contributed by atoms with Crippen molar-refractivity contribution in [2.75, 3.05) is 29.1 Å². The molecule has 0 radical (unpaired) electrons. The fourth-order valence-electron chi connectivity index (χ4n) is 2.97. The van der Waals surface area contributed by atoms with Crippen LogP contribution >= 0.6 is 11.8 Å². The number of amides is 1. The Morgan fingerprint density at radius 2 is 1.88 bits per heavy atom. The van der Waals surface area contributed by atoms with Crippen LogP contribution in [0.3, 0.4) is 0 Å². The number of aryl methyl sites for hydroxylation is 2. The molecule has 0 saturated carbocycles. The van der Waals surface area contributed by atoms with Gasteiger partial charge in [-0.15, -0.1) is 0 Å². The molecule has 26 heavy (non-hydrogen) atoms. The minimum absolute atomic E-state index is 0.0788. The molecule has 0 bridgehead atoms. The van der Waals surface area contributed by atoms with Crippen molar-refractivity contribution >= 4 is 29.0 Å². The summed E-state index contributed by atoms with van der Waals surface area (Å²) in [6.07, 6.45) is 0.440. The summed E-state index contributed by atoms with van der Waals surface area (Å²) >= 11 is 1.30. The molecule has 1 fully saturated rings. The van der Waals surface area contributed by atoms with Crippen LogP contribution in [0, 0.1) is 13.8 Å². The molecule has 1 aliphatic rings. The first-order chi connectivity index (χ1) is 12.4. The Balaban J connectivity index is 1.52. The third-order valence-corrected chi connectivity index (χ3v) is 5.10. The molecule has 0 aliphatic carbocycles. The Kier molecular flexibility index (Phi) is 5.88. The van der Waals surface area contributed by atoms with E-state index in [-0.39, 0.29) is 23.9 Å². The van der Waals surface area contributed by atoms with Gasteiger partial charge in [0.2, 0.25) is 5.91 Å². The van der Waals surface area contributed by atoms with E-state index in [0.29, 0.717) is 5.22 Å². The van der Waals surface area contributed by atoms with Gasteiger partial charge in [-0.1, -0.05) is 11.8 Å². The molecule has 2 aromatic rings. The highest BCUT2D eigenvalue weighted by Gasteiger charge is 2.22. The lowest BCUT2D eigenvalue weighted by Crippen LogP contribution is -2.45. The highest BCUT2D eigenvalue weighted by Crippen LogP contribution is 2.23. The van der Waals surface area contributed by atoms with E-state index in [2.05, 4.69) is 29.0 Å². The molecule has 2 heterocycles. The van der Waals surface area contributed by atoms with Crippen LogP contribution in [0.15, 0.2) is 33.9 Å². The van der Waals surface area contributed by atoms with Gasteiger partial charge in [-0.05, 0) is 52.0 Å². The average Bonchev–Trinajstić information content (AvgIpc) is 2.91. The first kappa shape index (κ1) is 18.8. The number of carbonyl (C=O) groups is 1. The number of nitrogens with one attached hydrogen (secondary N) is 1. The zero-order chi connectivity index (χ0) is 18.7. The predicted molar refractivity (Wildman–Crippen MR) is 104 cm³/mol. The maximum atomic E-state index is 12.1. The lowest BCUT2D eigenvalue weighted by Gasteiger charge is -2.36. The molecule has 2 atom stereocenters. The highest BCUT2D eigenvalue weighted by atomic mass is 32.2. The van der Waals surface area contributed by atoms with Crippen LogP contribution in [-0.4, -0.2) is 41.9 Å². The maximum Gasteiger partial charge on any atom is 0.256 e. The number of benzene rings is 1. The number of oxazole rings is 1. The summed E-state index contributed by atoms with van der Waals surface area (Å²) in [5.41, 5.74) is 2.79. The van der Waals surface area contributed by atoms with E-state index in [1.54, 1.807) is 0 Å². The summed E-state index contributed by atoms with van der Waals surface area (Å²) in [7, 11) is 0. The van der Waals surface area contributed by atoms with E-state index in [9.17, 15) is 4.79 Å². The Bertz CT molecular complexity index is 730. The number of thioether (sulfide) groups is 1. The normalized spacial score (nSPS) is 20.2. The summed E-state index contributed by atoms with van der Waals surface area (Å²) in [5.74, 6) is 0.972. The second-order valence-electron chi connectivity index (χ2n) is 6.67. The number of carbonyl (C=O) groups excluding carboxylic acids is 1. The molecule has 1 aromatic heterocycles. The lowest BCUT2D eigenvalue weighted by molar-refractivity contribution is -0.113. The first-order valence-electron chi connectivity index (χ1n) is 8.78. The van der Waals surface area contributed by atoms with Crippen molar-refractivity contribution in [2.45, 2.75) is 45.1 Å². The standard InChI is InChI=1S/C19H25N3O3S/c1-12-9-22(10-13(2)24-12)17-7-5-16(6-8-17)21-18(23)11-26-19-20-14(3)15(4)25-19/h5-8,12-13H,9-11H2,1-4H3,(H,21,23). The highest BCUT2D eigenvalue weighted by molar-refractivity contribution is 7.99. The van der Waals surface area contributed by atoms with Crippen LogP contribution in [0.25, 0.3) is 0 Å². The van der Waals surface area contributed by atoms with Crippen LogP contribution in [-0.2, 0) is 9.53 Å². The largest absolute Gasteiger partial charge is 0.437 e. The summed E-state index contributed by atoms with van der Waals surface area (Å²) in [6, 6.07) is 7.94. The molecule has 3 rings (SSSR count). The van der Waals surface area contributed by atoms with Crippen molar-refractivity contribution in [3.8, 4) is 0 Å². The van der Waals surface area contributed by atoms with Gasteiger partial charge in [0.15, 0.2) is 0 Å². The van der Waals surface area contributed by atoms with Crippen LogP contribution in [0.4, 0.5) is 11.4 Å². The number of rotatable bonds is 5. The summed E-state index contributed by atoms with van der Waals surface area (Å²) < 4.78 is 11.2. The fraction of sp³-hybridized carbons (Fsp3) is 0.474.